The van der Waals surface area contributed by atoms with Gasteiger partial charge in [0.2, 0.25) is 0 Å². The van der Waals surface area contributed by atoms with Crippen molar-refractivity contribution in [3.8, 4) is 0 Å². The van der Waals surface area contributed by atoms with E-state index in [1.54, 1.807) is 11.8 Å². The van der Waals surface area contributed by atoms with Gasteiger partial charge >= 0.3 is 6.03 Å². The van der Waals surface area contributed by atoms with Crippen molar-refractivity contribution >= 4 is 6.03 Å². The fourth-order valence-electron chi connectivity index (χ4n) is 2.93. The van der Waals surface area contributed by atoms with Crippen molar-refractivity contribution < 1.29 is 18.7 Å². The zero-order valence-corrected chi connectivity index (χ0v) is 13.7. The van der Waals surface area contributed by atoms with Crippen LogP contribution in [0.3, 0.4) is 0 Å². The Morgan fingerprint density at radius 2 is 2.00 bits per heavy atom. The van der Waals surface area contributed by atoms with Crippen molar-refractivity contribution in [3.63, 3.8) is 0 Å². The maximum absolute atomic E-state index is 13.5. The van der Waals surface area contributed by atoms with E-state index in [0.29, 0.717) is 18.7 Å². The van der Waals surface area contributed by atoms with Crippen molar-refractivity contribution in [3.05, 3.63) is 35.4 Å². The Labute approximate surface area is 135 Å². The lowest BCUT2D eigenvalue weighted by Crippen LogP contribution is -2.42. The second-order valence-corrected chi connectivity index (χ2v) is 6.58. The number of nitrogens with one attached hydrogen (secondary N) is 1. The minimum absolute atomic E-state index is 0.0268. The number of amides is 2. The summed E-state index contributed by atoms with van der Waals surface area (Å²) in [6.07, 6.45) is 0.322. The normalized spacial score (nSPS) is 20.7. The van der Waals surface area contributed by atoms with Crippen LogP contribution in [0.4, 0.5) is 13.6 Å². The maximum atomic E-state index is 13.5. The summed E-state index contributed by atoms with van der Waals surface area (Å²) in [5.74, 6) is -1.71. The quantitative estimate of drug-likeness (QED) is 0.893. The van der Waals surface area contributed by atoms with Crippen LogP contribution in [0.25, 0.3) is 0 Å². The number of carbonyl (C=O) groups is 1. The number of likely N-dealkylation sites (tertiary alicyclic amines) is 1. The number of carbonyl (C=O) groups excluding carboxylic acids is 1. The van der Waals surface area contributed by atoms with Crippen LogP contribution in [-0.4, -0.2) is 35.2 Å². The molecule has 1 fully saturated rings. The Bertz CT molecular complexity index is 564. The molecule has 1 aliphatic heterocycles. The monoisotopic (exact) mass is 326 g/mol. The fraction of sp³-hybridized carbons (Fsp3) is 0.588. The highest BCUT2D eigenvalue weighted by molar-refractivity contribution is 5.75. The molecule has 1 aliphatic rings. The minimum atomic E-state index is -0.919. The van der Waals surface area contributed by atoms with Gasteiger partial charge in [0.15, 0.2) is 11.6 Å². The number of aliphatic hydroxyl groups excluding tert-OH is 1. The highest BCUT2D eigenvalue weighted by Crippen LogP contribution is 2.25. The molecule has 6 heteroatoms. The van der Waals surface area contributed by atoms with E-state index in [1.165, 1.54) is 6.07 Å². The summed E-state index contributed by atoms with van der Waals surface area (Å²) < 4.78 is 26.6. The van der Waals surface area contributed by atoms with Crippen LogP contribution < -0.4 is 5.32 Å². The van der Waals surface area contributed by atoms with Gasteiger partial charge in [0.05, 0.1) is 12.1 Å². The average molecular weight is 326 g/mol. The Morgan fingerprint density at radius 1 is 1.30 bits per heavy atom. The second-order valence-electron chi connectivity index (χ2n) is 6.58. The van der Waals surface area contributed by atoms with E-state index in [0.717, 1.165) is 18.6 Å². The van der Waals surface area contributed by atoms with Crippen LogP contribution in [0.5, 0.6) is 0 Å². The molecule has 3 atom stereocenters. The SMILES string of the molecule is CC(C)[C@H](NC(=O)N1CC[C@@H]([C@@H](C)O)C1)c1ccc(F)c(F)c1. The highest BCUT2D eigenvalue weighted by Gasteiger charge is 2.30. The number of benzene rings is 1. The van der Waals surface area contributed by atoms with E-state index in [2.05, 4.69) is 5.32 Å². The smallest absolute Gasteiger partial charge is 0.317 e. The molecule has 0 aromatic heterocycles. The number of hydrogen-bond acceptors (Lipinski definition) is 2. The van der Waals surface area contributed by atoms with Gasteiger partial charge in [-0.05, 0) is 37.0 Å². The van der Waals surface area contributed by atoms with Crippen LogP contribution in [0.15, 0.2) is 18.2 Å². The second kappa shape index (κ2) is 7.25. The molecule has 128 valence electrons. The van der Waals surface area contributed by atoms with Gasteiger partial charge < -0.3 is 15.3 Å². The van der Waals surface area contributed by atoms with E-state index in [1.807, 2.05) is 13.8 Å². The summed E-state index contributed by atoms with van der Waals surface area (Å²) in [7, 11) is 0. The molecule has 2 rings (SSSR count). The van der Waals surface area contributed by atoms with Gasteiger partial charge in [-0.1, -0.05) is 19.9 Å². The summed E-state index contributed by atoms with van der Waals surface area (Å²) in [5.41, 5.74) is 0.540. The topological polar surface area (TPSA) is 52.6 Å². The molecule has 0 spiro atoms. The van der Waals surface area contributed by atoms with Gasteiger partial charge in [0, 0.05) is 19.0 Å². The van der Waals surface area contributed by atoms with Crippen LogP contribution in [-0.2, 0) is 0 Å². The molecule has 1 heterocycles. The predicted octanol–water partition coefficient (Wildman–Crippen LogP) is 3.07. The molecule has 1 aromatic carbocycles. The van der Waals surface area contributed by atoms with Gasteiger partial charge in [-0.25, -0.2) is 13.6 Å². The first-order chi connectivity index (χ1) is 10.8. The third kappa shape index (κ3) is 4.19. The summed E-state index contributed by atoms with van der Waals surface area (Å²) in [4.78, 5) is 14.1. The van der Waals surface area contributed by atoms with Crippen molar-refractivity contribution in [1.29, 1.82) is 0 Å². The third-order valence-corrected chi connectivity index (χ3v) is 4.44. The lowest BCUT2D eigenvalue weighted by atomic mass is 9.96. The predicted molar refractivity (Wildman–Crippen MR) is 83.8 cm³/mol. The lowest BCUT2D eigenvalue weighted by molar-refractivity contribution is 0.128. The van der Waals surface area contributed by atoms with E-state index in [9.17, 15) is 18.7 Å². The fourth-order valence-corrected chi connectivity index (χ4v) is 2.93. The number of rotatable bonds is 4. The van der Waals surface area contributed by atoms with E-state index in [4.69, 9.17) is 0 Å². The first kappa shape index (κ1) is 17.7. The molecule has 4 nitrogen and oxygen atoms in total. The van der Waals surface area contributed by atoms with Gasteiger partial charge in [0.1, 0.15) is 0 Å². The van der Waals surface area contributed by atoms with Crippen LogP contribution in [0.1, 0.15) is 38.8 Å². The molecule has 1 aromatic rings. The van der Waals surface area contributed by atoms with Gasteiger partial charge in [-0.3, -0.25) is 0 Å². The number of hydrogen-bond donors (Lipinski definition) is 2. The lowest BCUT2D eigenvalue weighted by Gasteiger charge is -2.26. The molecule has 0 bridgehead atoms. The summed E-state index contributed by atoms with van der Waals surface area (Å²) in [5, 5.41) is 12.5. The Hall–Kier alpha value is -1.69. The molecule has 0 radical (unpaired) electrons. The van der Waals surface area contributed by atoms with Gasteiger partial charge in [0.25, 0.3) is 0 Å². The van der Waals surface area contributed by atoms with Crippen LogP contribution >= 0.6 is 0 Å². The zero-order chi connectivity index (χ0) is 17.1. The molecular formula is C17H24F2N2O2. The molecular weight excluding hydrogens is 302 g/mol. The molecule has 0 aliphatic carbocycles. The molecule has 23 heavy (non-hydrogen) atoms. The minimum Gasteiger partial charge on any atom is -0.393 e. The van der Waals surface area contributed by atoms with Crippen molar-refractivity contribution in [2.75, 3.05) is 13.1 Å². The van der Waals surface area contributed by atoms with Crippen LogP contribution in [0.2, 0.25) is 0 Å². The zero-order valence-electron chi connectivity index (χ0n) is 13.7. The maximum Gasteiger partial charge on any atom is 0.317 e. The average Bonchev–Trinajstić information content (AvgIpc) is 2.97. The van der Waals surface area contributed by atoms with E-state index in [-0.39, 0.29) is 17.9 Å². The third-order valence-electron chi connectivity index (χ3n) is 4.44. The van der Waals surface area contributed by atoms with Crippen molar-refractivity contribution in [2.45, 2.75) is 39.3 Å². The molecule has 1 saturated heterocycles. The molecule has 0 saturated carbocycles. The Balaban J connectivity index is 2.08. The molecule has 2 N–H and O–H groups in total. The standard InChI is InChI=1S/C17H24F2N2O2/c1-10(2)16(12-4-5-14(18)15(19)8-12)20-17(23)21-7-6-13(9-21)11(3)22/h4-5,8,10-11,13,16,22H,6-7,9H2,1-3H3,(H,20,23)/t11-,13-,16+/m1/s1. The largest absolute Gasteiger partial charge is 0.393 e. The first-order valence-corrected chi connectivity index (χ1v) is 7.98. The number of aliphatic hydroxyl groups is 1. The summed E-state index contributed by atoms with van der Waals surface area (Å²) >= 11 is 0. The van der Waals surface area contributed by atoms with E-state index < -0.39 is 23.8 Å². The van der Waals surface area contributed by atoms with E-state index >= 15 is 0 Å². The van der Waals surface area contributed by atoms with Crippen molar-refractivity contribution in [2.24, 2.45) is 11.8 Å². The number of nitrogens with zero attached hydrogens (tertiary/aromatic N) is 1. The number of urea groups is 1. The Morgan fingerprint density at radius 3 is 2.52 bits per heavy atom. The summed E-state index contributed by atoms with van der Waals surface area (Å²) in [6, 6.07) is 3.06. The highest BCUT2D eigenvalue weighted by atomic mass is 19.2. The number of halogens is 2. The molecule has 0 unspecified atom stereocenters. The van der Waals surface area contributed by atoms with Gasteiger partial charge in [-0.15, -0.1) is 0 Å². The van der Waals surface area contributed by atoms with Crippen molar-refractivity contribution in [1.82, 2.24) is 10.2 Å². The summed E-state index contributed by atoms with van der Waals surface area (Å²) in [6.45, 7) is 6.64. The van der Waals surface area contributed by atoms with Crippen LogP contribution in [0, 0.1) is 23.5 Å². The Kier molecular flexibility index (Phi) is 5.57. The first-order valence-electron chi connectivity index (χ1n) is 7.98. The molecule has 2 amide bonds. The van der Waals surface area contributed by atoms with Gasteiger partial charge in [-0.2, -0.15) is 0 Å².